The normalized spacial score (nSPS) is 17.2. The van der Waals surface area contributed by atoms with Crippen molar-refractivity contribution in [3.8, 4) is 0 Å². The highest BCUT2D eigenvalue weighted by atomic mass is 16.5. The number of nitrogens with zero attached hydrogens (tertiary/aromatic N) is 3. The van der Waals surface area contributed by atoms with Crippen molar-refractivity contribution < 1.29 is 14.3 Å². The van der Waals surface area contributed by atoms with Crippen LogP contribution in [0.4, 0.5) is 4.79 Å². The predicted octanol–water partition coefficient (Wildman–Crippen LogP) is 3.02. The molecule has 0 unspecified atom stereocenters. The molecule has 35 heavy (non-hydrogen) atoms. The van der Waals surface area contributed by atoms with Gasteiger partial charge in [0.15, 0.2) is 0 Å². The van der Waals surface area contributed by atoms with Gasteiger partial charge < -0.3 is 25.2 Å². The topological polar surface area (TPSA) is 79.1 Å². The van der Waals surface area contributed by atoms with Crippen LogP contribution in [-0.4, -0.2) is 79.6 Å². The molecular weight excluding hydrogens is 440 g/mol. The van der Waals surface area contributed by atoms with Crippen LogP contribution in [-0.2, 0) is 28.0 Å². The van der Waals surface area contributed by atoms with E-state index in [1.807, 2.05) is 35.2 Å². The first-order valence-corrected chi connectivity index (χ1v) is 12.6. The van der Waals surface area contributed by atoms with E-state index < -0.39 is 6.04 Å². The van der Waals surface area contributed by atoms with E-state index in [0.717, 1.165) is 31.2 Å². The van der Waals surface area contributed by atoms with Gasteiger partial charge in [-0.05, 0) is 47.8 Å². The summed E-state index contributed by atoms with van der Waals surface area (Å²) in [6.45, 7) is 2.48. The first-order valence-electron chi connectivity index (χ1n) is 12.6. The first-order chi connectivity index (χ1) is 16.9. The number of piperidine rings is 1. The van der Waals surface area contributed by atoms with Gasteiger partial charge in [0.05, 0.1) is 13.2 Å². The van der Waals surface area contributed by atoms with Gasteiger partial charge in [0.25, 0.3) is 0 Å². The maximum Gasteiger partial charge on any atom is 0.320 e. The first kappa shape index (κ1) is 25.2. The third-order valence-corrected chi connectivity index (χ3v) is 7.54. The Morgan fingerprint density at radius 2 is 1.71 bits per heavy atom. The molecule has 0 radical (unpaired) electrons. The summed E-state index contributed by atoms with van der Waals surface area (Å²) >= 11 is 0. The highest BCUT2D eigenvalue weighted by Crippen LogP contribution is 2.46. The molecule has 2 aromatic carbocycles. The van der Waals surface area contributed by atoms with Gasteiger partial charge in [0, 0.05) is 40.3 Å². The van der Waals surface area contributed by atoms with Gasteiger partial charge in [0.2, 0.25) is 5.91 Å². The predicted molar refractivity (Wildman–Crippen MR) is 137 cm³/mol. The lowest BCUT2D eigenvalue weighted by Crippen LogP contribution is -2.58. The molecule has 2 aromatic rings. The SMILES string of the molecule is CN(C)C(=O)N(CCN)[C@H](COCc1ccccc1)C(=O)N1CCC2(CCc3ccccc32)CC1. The summed E-state index contributed by atoms with van der Waals surface area (Å²) in [6.07, 6.45) is 4.16. The Morgan fingerprint density at radius 1 is 1.03 bits per heavy atom. The number of hydrogen-bond donors (Lipinski definition) is 1. The third kappa shape index (κ3) is 5.52. The molecule has 1 heterocycles. The zero-order valence-electron chi connectivity index (χ0n) is 21.0. The Morgan fingerprint density at radius 3 is 2.40 bits per heavy atom. The number of aryl methyl sites for hydroxylation is 1. The van der Waals surface area contributed by atoms with Crippen molar-refractivity contribution in [2.75, 3.05) is 46.9 Å². The molecule has 1 atom stereocenters. The molecule has 7 heteroatoms. The fourth-order valence-corrected chi connectivity index (χ4v) is 5.59. The lowest BCUT2D eigenvalue weighted by atomic mass is 9.74. The number of likely N-dealkylation sites (tertiary alicyclic amines) is 1. The number of nitrogens with two attached hydrogens (primary N) is 1. The summed E-state index contributed by atoms with van der Waals surface area (Å²) in [4.78, 5) is 31.8. The molecule has 1 spiro atoms. The van der Waals surface area contributed by atoms with Crippen LogP contribution in [0.15, 0.2) is 54.6 Å². The highest BCUT2D eigenvalue weighted by Gasteiger charge is 2.43. The molecule has 0 aromatic heterocycles. The Labute approximate surface area is 208 Å². The number of amides is 3. The van der Waals surface area contributed by atoms with Crippen LogP contribution in [0.1, 0.15) is 36.0 Å². The van der Waals surface area contributed by atoms with Gasteiger partial charge in [-0.1, -0.05) is 54.6 Å². The standard InChI is InChI=1S/C28H38N4O3/c1-30(2)27(34)32(19-16-29)25(21-35-20-22-8-4-3-5-9-22)26(33)31-17-14-28(15-18-31)13-12-23-10-6-7-11-24(23)28/h3-11,25H,12-21,29H2,1-2H3/t25-/m1/s1. The van der Waals surface area contributed by atoms with Crippen molar-refractivity contribution in [2.24, 2.45) is 5.73 Å². The highest BCUT2D eigenvalue weighted by molar-refractivity contribution is 5.87. The number of rotatable bonds is 8. The van der Waals surface area contributed by atoms with E-state index in [1.165, 1.54) is 16.0 Å². The molecule has 1 fully saturated rings. The molecule has 0 saturated carbocycles. The summed E-state index contributed by atoms with van der Waals surface area (Å²) < 4.78 is 5.99. The summed E-state index contributed by atoms with van der Waals surface area (Å²) in [5.41, 5.74) is 9.96. The van der Waals surface area contributed by atoms with Gasteiger partial charge in [0.1, 0.15) is 6.04 Å². The monoisotopic (exact) mass is 478 g/mol. The van der Waals surface area contributed by atoms with E-state index in [2.05, 4.69) is 24.3 Å². The molecule has 4 rings (SSSR count). The molecular formula is C28H38N4O3. The Balaban J connectivity index is 1.47. The van der Waals surface area contributed by atoms with E-state index in [9.17, 15) is 9.59 Å². The molecule has 7 nitrogen and oxygen atoms in total. The second-order valence-electron chi connectivity index (χ2n) is 9.94. The van der Waals surface area contributed by atoms with Crippen LogP contribution in [0.25, 0.3) is 0 Å². The molecule has 1 aliphatic heterocycles. The fourth-order valence-electron chi connectivity index (χ4n) is 5.59. The number of carbonyl (C=O) groups excluding carboxylic acids is 2. The van der Waals surface area contributed by atoms with Crippen LogP contribution in [0.3, 0.4) is 0 Å². The zero-order valence-corrected chi connectivity index (χ0v) is 21.0. The molecule has 2 aliphatic rings. The van der Waals surface area contributed by atoms with Crippen LogP contribution in [0, 0.1) is 0 Å². The van der Waals surface area contributed by atoms with Crippen LogP contribution >= 0.6 is 0 Å². The maximum atomic E-state index is 13.8. The van der Waals surface area contributed by atoms with Crippen LogP contribution in [0.5, 0.6) is 0 Å². The number of benzene rings is 2. The zero-order chi connectivity index (χ0) is 24.8. The lowest BCUT2D eigenvalue weighted by Gasteiger charge is -2.42. The molecule has 3 amide bonds. The quantitative estimate of drug-likeness (QED) is 0.633. The Bertz CT molecular complexity index is 1000. The summed E-state index contributed by atoms with van der Waals surface area (Å²) in [5.74, 6) is -0.0529. The number of urea groups is 1. The van der Waals surface area contributed by atoms with Crippen molar-refractivity contribution in [3.63, 3.8) is 0 Å². The average Bonchev–Trinajstić information content (AvgIpc) is 3.24. The van der Waals surface area contributed by atoms with Crippen LogP contribution < -0.4 is 5.73 Å². The second-order valence-corrected chi connectivity index (χ2v) is 9.94. The van der Waals surface area contributed by atoms with Gasteiger partial charge in [-0.2, -0.15) is 0 Å². The minimum absolute atomic E-state index is 0.0529. The number of carbonyl (C=O) groups is 2. The molecule has 0 bridgehead atoms. The fraction of sp³-hybridized carbons (Fsp3) is 0.500. The average molecular weight is 479 g/mol. The van der Waals surface area contributed by atoms with E-state index >= 15 is 0 Å². The third-order valence-electron chi connectivity index (χ3n) is 7.54. The van der Waals surface area contributed by atoms with Crippen LogP contribution in [0.2, 0.25) is 0 Å². The van der Waals surface area contributed by atoms with E-state index in [-0.39, 0.29) is 30.5 Å². The summed E-state index contributed by atoms with van der Waals surface area (Å²) in [6, 6.07) is 17.7. The van der Waals surface area contributed by atoms with Crippen molar-refractivity contribution in [1.82, 2.24) is 14.7 Å². The Hall–Kier alpha value is -2.90. The van der Waals surface area contributed by atoms with E-state index in [0.29, 0.717) is 26.2 Å². The van der Waals surface area contributed by atoms with Crippen molar-refractivity contribution in [1.29, 1.82) is 0 Å². The lowest BCUT2D eigenvalue weighted by molar-refractivity contribution is -0.140. The smallest absolute Gasteiger partial charge is 0.320 e. The van der Waals surface area contributed by atoms with Gasteiger partial charge >= 0.3 is 6.03 Å². The van der Waals surface area contributed by atoms with Gasteiger partial charge in [-0.25, -0.2) is 4.79 Å². The number of fused-ring (bicyclic) bond motifs is 2. The van der Waals surface area contributed by atoms with E-state index in [4.69, 9.17) is 10.5 Å². The molecule has 2 N–H and O–H groups in total. The van der Waals surface area contributed by atoms with Gasteiger partial charge in [-0.15, -0.1) is 0 Å². The Kier molecular flexibility index (Phi) is 8.08. The second kappa shape index (κ2) is 11.2. The summed E-state index contributed by atoms with van der Waals surface area (Å²) in [7, 11) is 3.39. The van der Waals surface area contributed by atoms with E-state index in [1.54, 1.807) is 19.0 Å². The summed E-state index contributed by atoms with van der Waals surface area (Å²) in [5, 5.41) is 0. The molecule has 188 valence electrons. The molecule has 1 saturated heterocycles. The van der Waals surface area contributed by atoms with Crippen molar-refractivity contribution >= 4 is 11.9 Å². The van der Waals surface area contributed by atoms with Crippen molar-refractivity contribution in [3.05, 3.63) is 71.3 Å². The number of ether oxygens (including phenoxy) is 1. The number of hydrogen-bond acceptors (Lipinski definition) is 4. The van der Waals surface area contributed by atoms with Gasteiger partial charge in [-0.3, -0.25) is 4.79 Å². The minimum atomic E-state index is -0.706. The largest absolute Gasteiger partial charge is 0.374 e. The molecule has 1 aliphatic carbocycles. The van der Waals surface area contributed by atoms with Crippen molar-refractivity contribution in [2.45, 2.75) is 43.7 Å². The maximum absolute atomic E-state index is 13.8. The minimum Gasteiger partial charge on any atom is -0.374 e.